The van der Waals surface area contributed by atoms with Crippen molar-refractivity contribution in [1.82, 2.24) is 19.4 Å². The number of hydrogen-bond donors (Lipinski definition) is 1. The summed E-state index contributed by atoms with van der Waals surface area (Å²) in [5.74, 6) is 1.21. The molecule has 11 heteroatoms. The van der Waals surface area contributed by atoms with Crippen LogP contribution in [0.2, 0.25) is 0 Å². The summed E-state index contributed by atoms with van der Waals surface area (Å²) >= 11 is 0. The molecule has 0 radical (unpaired) electrons. The van der Waals surface area contributed by atoms with Gasteiger partial charge in [0.2, 0.25) is 0 Å². The molecule has 0 unspecified atom stereocenters. The van der Waals surface area contributed by atoms with Crippen LogP contribution in [0.1, 0.15) is 57.7 Å². The molecule has 224 valence electrons. The molecule has 2 aromatic heterocycles. The number of carbonyl (C=O) groups excluding carboxylic acids is 3. The average Bonchev–Trinajstić information content (AvgIpc) is 3.73. The number of benzene rings is 2. The van der Waals surface area contributed by atoms with Gasteiger partial charge in [0.05, 0.1) is 30.8 Å². The van der Waals surface area contributed by atoms with E-state index in [0.29, 0.717) is 35.0 Å². The topological polar surface area (TPSA) is 109 Å². The van der Waals surface area contributed by atoms with Gasteiger partial charge in [0.25, 0.3) is 23.5 Å². The number of imide groups is 1. The lowest BCUT2D eigenvalue weighted by atomic mass is 10.1. The third kappa shape index (κ3) is 5.79. The lowest BCUT2D eigenvalue weighted by Gasteiger charge is -2.18. The second-order valence-corrected chi connectivity index (χ2v) is 11.1. The first kappa shape index (κ1) is 30.0. The summed E-state index contributed by atoms with van der Waals surface area (Å²) in [7, 11) is 1.65. The van der Waals surface area contributed by atoms with Crippen LogP contribution < -0.4 is 21.7 Å². The number of amides is 3. The Labute approximate surface area is 255 Å². The molecule has 1 saturated carbocycles. The summed E-state index contributed by atoms with van der Waals surface area (Å²) in [5, 5.41) is 10.1. The number of aryl methyl sites for hydroxylation is 2. The number of likely N-dealkylation sites (N-methyl/N-ethyl adjacent to an activating group) is 1. The van der Waals surface area contributed by atoms with Gasteiger partial charge in [-0.25, -0.2) is 9.13 Å². The van der Waals surface area contributed by atoms with Gasteiger partial charge < -0.3 is 27.2 Å². The maximum absolute atomic E-state index is 13.2. The first-order chi connectivity index (χ1) is 20.2. The van der Waals surface area contributed by atoms with E-state index in [1.54, 1.807) is 43.4 Å². The number of pyridine rings is 1. The molecular weight excluding hydrogens is 570 g/mol. The van der Waals surface area contributed by atoms with Crippen molar-refractivity contribution in [3.05, 3.63) is 82.9 Å². The van der Waals surface area contributed by atoms with Gasteiger partial charge in [-0.3, -0.25) is 24.3 Å². The summed E-state index contributed by atoms with van der Waals surface area (Å²) in [4.78, 5) is 46.4. The number of aromatic nitrogens is 3. The molecule has 1 fully saturated rings. The standard InChI is InChI=1S/C32H33N5O5.ClH/c1-4-35-26-13-12-22(42-19-30(39)34(3)17-25-28(38)14-9-20(2)33-25)15-27(26)36(16-21-10-11-21)29(35)18-37-31(40)23-7-5-6-8-24(23)32(37)41;/h5-9,12-15,21H,4,10-11,16-19H2,1-3H3;1H. The zero-order valence-corrected chi connectivity index (χ0v) is 25.2. The molecule has 4 aromatic rings. The van der Waals surface area contributed by atoms with Gasteiger partial charge in [-0.05, 0) is 69.0 Å². The van der Waals surface area contributed by atoms with Gasteiger partial charge in [-0.1, -0.05) is 12.1 Å². The molecule has 1 aliphatic heterocycles. The average molecular weight is 604 g/mol. The minimum absolute atomic E-state index is 0. The number of nitrogens with zero attached hydrogens (tertiary/aromatic N) is 5. The molecule has 2 aromatic carbocycles. The lowest BCUT2D eigenvalue weighted by molar-refractivity contribution is -0.677. The van der Waals surface area contributed by atoms with Crippen LogP contribution >= 0.6 is 0 Å². The molecular formula is C32H34ClN5O5. The molecule has 10 nitrogen and oxygen atoms in total. The molecule has 0 saturated heterocycles. The predicted octanol–water partition coefficient (Wildman–Crippen LogP) is 0.605. The van der Waals surface area contributed by atoms with E-state index in [-0.39, 0.29) is 55.6 Å². The van der Waals surface area contributed by atoms with E-state index in [1.165, 1.54) is 9.80 Å². The van der Waals surface area contributed by atoms with Crippen LogP contribution in [0.5, 0.6) is 11.5 Å². The van der Waals surface area contributed by atoms with Crippen molar-refractivity contribution in [1.29, 1.82) is 0 Å². The highest BCUT2D eigenvalue weighted by atomic mass is 35.5. The second-order valence-electron chi connectivity index (χ2n) is 11.1. The van der Waals surface area contributed by atoms with E-state index < -0.39 is 0 Å². The summed E-state index contributed by atoms with van der Waals surface area (Å²) in [6, 6.07) is 16.0. The Balaban J connectivity index is 0.00000368. The first-order valence-corrected chi connectivity index (χ1v) is 14.3. The third-order valence-electron chi connectivity index (χ3n) is 8.05. The molecule has 1 aliphatic carbocycles. The van der Waals surface area contributed by atoms with Gasteiger partial charge >= 0.3 is 0 Å². The van der Waals surface area contributed by atoms with Crippen LogP contribution in [0.3, 0.4) is 0 Å². The molecule has 3 heterocycles. The molecule has 2 aliphatic rings. The van der Waals surface area contributed by atoms with Crippen molar-refractivity contribution in [3.8, 4) is 11.5 Å². The normalized spacial score (nSPS) is 14.2. The summed E-state index contributed by atoms with van der Waals surface area (Å²) < 4.78 is 10.3. The van der Waals surface area contributed by atoms with E-state index in [2.05, 4.69) is 14.1 Å². The Kier molecular flexibility index (Phi) is 8.41. The third-order valence-corrected chi connectivity index (χ3v) is 8.05. The molecule has 0 spiro atoms. The van der Waals surface area contributed by atoms with E-state index in [1.807, 2.05) is 32.0 Å². The van der Waals surface area contributed by atoms with Crippen molar-refractivity contribution in [2.24, 2.45) is 5.92 Å². The van der Waals surface area contributed by atoms with Crippen LogP contribution in [0.15, 0.2) is 54.6 Å². The van der Waals surface area contributed by atoms with Crippen LogP contribution in [0.4, 0.5) is 0 Å². The fourth-order valence-corrected chi connectivity index (χ4v) is 5.56. The highest BCUT2D eigenvalue weighted by Crippen LogP contribution is 2.34. The highest BCUT2D eigenvalue weighted by Gasteiger charge is 2.39. The Hall–Kier alpha value is -4.44. The van der Waals surface area contributed by atoms with Crippen molar-refractivity contribution in [2.75, 3.05) is 13.7 Å². The molecule has 43 heavy (non-hydrogen) atoms. The lowest BCUT2D eigenvalue weighted by Crippen LogP contribution is -3.00. The number of fused-ring (bicyclic) bond motifs is 2. The zero-order chi connectivity index (χ0) is 29.5. The van der Waals surface area contributed by atoms with Crippen LogP contribution in [0, 0.1) is 12.8 Å². The van der Waals surface area contributed by atoms with E-state index >= 15 is 0 Å². The van der Waals surface area contributed by atoms with Gasteiger partial charge in [-0.15, -0.1) is 0 Å². The quantitative estimate of drug-likeness (QED) is 0.210. The summed E-state index contributed by atoms with van der Waals surface area (Å²) in [5.41, 5.74) is 3.97. The van der Waals surface area contributed by atoms with E-state index in [9.17, 15) is 19.5 Å². The summed E-state index contributed by atoms with van der Waals surface area (Å²) in [6.45, 7) is 5.48. The monoisotopic (exact) mass is 603 g/mol. The van der Waals surface area contributed by atoms with Crippen molar-refractivity contribution >= 4 is 28.8 Å². The van der Waals surface area contributed by atoms with E-state index in [0.717, 1.165) is 41.9 Å². The predicted molar refractivity (Wildman–Crippen MR) is 154 cm³/mol. The zero-order valence-electron chi connectivity index (χ0n) is 24.4. The van der Waals surface area contributed by atoms with Crippen molar-refractivity contribution < 1.29 is 41.2 Å². The Bertz CT molecular complexity index is 1700. The number of aromatic hydroxyl groups is 1. The smallest absolute Gasteiger partial charge is 0.277 e. The maximum atomic E-state index is 13.2. The molecule has 6 rings (SSSR count). The van der Waals surface area contributed by atoms with Gasteiger partial charge in [0.1, 0.15) is 23.7 Å². The number of imidazole rings is 1. The number of ether oxygens (including phenoxy) is 1. The van der Waals surface area contributed by atoms with Crippen LogP contribution in [-0.4, -0.2) is 55.8 Å². The highest BCUT2D eigenvalue weighted by molar-refractivity contribution is 6.21. The SMILES string of the molecule is CC[n+]1c(CN2C(=O)c3ccccc3C2=O)n(CC2CC2)c2cc(OCC(=O)N(C)Cc3nc(C)ccc3O)ccc21.[Cl-]. The van der Waals surface area contributed by atoms with Crippen molar-refractivity contribution in [3.63, 3.8) is 0 Å². The van der Waals surface area contributed by atoms with Crippen molar-refractivity contribution in [2.45, 2.75) is 52.9 Å². The maximum Gasteiger partial charge on any atom is 0.277 e. The fourth-order valence-electron chi connectivity index (χ4n) is 5.56. The number of carbonyl (C=O) groups is 3. The van der Waals surface area contributed by atoms with Crippen LogP contribution in [-0.2, 0) is 31.0 Å². The van der Waals surface area contributed by atoms with Gasteiger partial charge in [-0.2, -0.15) is 0 Å². The van der Waals surface area contributed by atoms with E-state index in [4.69, 9.17) is 4.74 Å². The fraction of sp³-hybridized carbons (Fsp3) is 0.344. The first-order valence-electron chi connectivity index (χ1n) is 14.3. The van der Waals surface area contributed by atoms with Crippen LogP contribution in [0.25, 0.3) is 11.0 Å². The largest absolute Gasteiger partial charge is 1.00 e. The molecule has 1 N–H and O–H groups in total. The second kappa shape index (κ2) is 12.0. The Morgan fingerprint density at radius 1 is 1.09 bits per heavy atom. The van der Waals surface area contributed by atoms with Gasteiger partial charge in [0.15, 0.2) is 17.6 Å². The molecule has 0 bridgehead atoms. The Morgan fingerprint density at radius 2 is 1.79 bits per heavy atom. The molecule has 3 amide bonds. The molecule has 0 atom stereocenters. The number of halogens is 1. The number of rotatable bonds is 10. The number of hydrogen-bond acceptors (Lipinski definition) is 6. The summed E-state index contributed by atoms with van der Waals surface area (Å²) in [6.07, 6.45) is 2.28. The minimum Gasteiger partial charge on any atom is -1.00 e. The van der Waals surface area contributed by atoms with Gasteiger partial charge in [0, 0.05) is 18.8 Å². The Morgan fingerprint density at radius 3 is 2.44 bits per heavy atom. The minimum atomic E-state index is -0.276.